The molecule has 1 aromatic rings. The summed E-state index contributed by atoms with van der Waals surface area (Å²) in [5.74, 6) is 0.00598. The van der Waals surface area contributed by atoms with Gasteiger partial charge in [0.15, 0.2) is 0 Å². The number of halogens is 1. The molecule has 1 rings (SSSR count). The summed E-state index contributed by atoms with van der Waals surface area (Å²) < 4.78 is 5.98. The number of benzene rings is 1. The molecule has 0 atom stereocenters. The molecular weight excluding hydrogens is 248 g/mol. The highest BCUT2D eigenvalue weighted by molar-refractivity contribution is 9.10. The number of ether oxygens (including phenoxy) is 1. The SMILES string of the molecule is CCOc1cc(C(N)=O)c(N)cc1Br. The summed E-state index contributed by atoms with van der Waals surface area (Å²) in [5.41, 5.74) is 11.4. The highest BCUT2D eigenvalue weighted by atomic mass is 79.9. The molecule has 0 aliphatic rings. The fourth-order valence-electron chi connectivity index (χ4n) is 1.05. The van der Waals surface area contributed by atoms with E-state index in [1.807, 2.05) is 6.92 Å². The first-order valence-electron chi connectivity index (χ1n) is 4.08. The molecular formula is C9H11BrN2O2. The van der Waals surface area contributed by atoms with E-state index < -0.39 is 5.91 Å². The van der Waals surface area contributed by atoms with Gasteiger partial charge in [0.2, 0.25) is 0 Å². The maximum atomic E-state index is 11.0. The molecule has 0 aliphatic heterocycles. The summed E-state index contributed by atoms with van der Waals surface area (Å²) >= 11 is 3.27. The van der Waals surface area contributed by atoms with Crippen molar-refractivity contribution in [2.75, 3.05) is 12.3 Å². The minimum absolute atomic E-state index is 0.275. The third kappa shape index (κ3) is 2.17. The number of hydrogen-bond acceptors (Lipinski definition) is 3. The lowest BCUT2D eigenvalue weighted by Crippen LogP contribution is -2.13. The van der Waals surface area contributed by atoms with E-state index >= 15 is 0 Å². The topological polar surface area (TPSA) is 78.3 Å². The van der Waals surface area contributed by atoms with Crippen LogP contribution >= 0.6 is 15.9 Å². The number of carbonyl (C=O) groups excluding carboxylic acids is 1. The number of hydrogen-bond donors (Lipinski definition) is 2. The summed E-state index contributed by atoms with van der Waals surface area (Å²) in [6.45, 7) is 2.37. The van der Waals surface area contributed by atoms with Crippen molar-refractivity contribution in [2.24, 2.45) is 5.73 Å². The summed E-state index contributed by atoms with van der Waals surface area (Å²) in [6.07, 6.45) is 0. The Bertz CT molecular complexity index is 366. The number of carbonyl (C=O) groups is 1. The lowest BCUT2D eigenvalue weighted by atomic mass is 10.1. The number of anilines is 1. The molecule has 0 saturated heterocycles. The van der Waals surface area contributed by atoms with Gasteiger partial charge in [-0.3, -0.25) is 4.79 Å². The van der Waals surface area contributed by atoms with E-state index in [0.717, 1.165) is 0 Å². The first kappa shape index (κ1) is 10.8. The van der Waals surface area contributed by atoms with Crippen LogP contribution in [-0.2, 0) is 0 Å². The van der Waals surface area contributed by atoms with Crippen LogP contribution < -0.4 is 16.2 Å². The second kappa shape index (κ2) is 4.32. The molecule has 0 spiro atoms. The third-order valence-electron chi connectivity index (χ3n) is 1.67. The Kier molecular flexibility index (Phi) is 3.35. The van der Waals surface area contributed by atoms with Crippen LogP contribution in [0.4, 0.5) is 5.69 Å². The van der Waals surface area contributed by atoms with Crippen molar-refractivity contribution in [1.82, 2.24) is 0 Å². The summed E-state index contributed by atoms with van der Waals surface area (Å²) in [5, 5.41) is 0. The van der Waals surface area contributed by atoms with Gasteiger partial charge in [-0.1, -0.05) is 0 Å². The predicted octanol–water partition coefficient (Wildman–Crippen LogP) is 1.53. The standard InChI is InChI=1S/C9H11BrN2O2/c1-2-14-8-3-5(9(12)13)7(11)4-6(8)10/h3-4H,2,11H2,1H3,(H2,12,13). The molecule has 0 unspecified atom stereocenters. The van der Waals surface area contributed by atoms with Gasteiger partial charge in [-0.05, 0) is 35.0 Å². The average molecular weight is 259 g/mol. The van der Waals surface area contributed by atoms with Gasteiger partial charge >= 0.3 is 0 Å². The van der Waals surface area contributed by atoms with Crippen LogP contribution in [0.15, 0.2) is 16.6 Å². The van der Waals surface area contributed by atoms with Gasteiger partial charge in [0, 0.05) is 5.69 Å². The predicted molar refractivity (Wildman–Crippen MR) is 58.2 cm³/mol. The quantitative estimate of drug-likeness (QED) is 0.808. The number of amides is 1. The lowest BCUT2D eigenvalue weighted by Gasteiger charge is -2.09. The van der Waals surface area contributed by atoms with Gasteiger partial charge in [0.05, 0.1) is 16.6 Å². The van der Waals surface area contributed by atoms with E-state index in [4.69, 9.17) is 16.2 Å². The van der Waals surface area contributed by atoms with Crippen molar-refractivity contribution >= 4 is 27.5 Å². The zero-order valence-corrected chi connectivity index (χ0v) is 9.30. The number of nitrogen functional groups attached to an aromatic ring is 1. The van der Waals surface area contributed by atoms with E-state index in [-0.39, 0.29) is 5.56 Å². The van der Waals surface area contributed by atoms with Gasteiger partial charge in [0.25, 0.3) is 5.91 Å². The maximum Gasteiger partial charge on any atom is 0.250 e. The molecule has 0 fully saturated rings. The molecule has 0 heterocycles. The summed E-state index contributed by atoms with van der Waals surface area (Å²) in [6, 6.07) is 3.14. The summed E-state index contributed by atoms with van der Waals surface area (Å²) in [7, 11) is 0. The van der Waals surface area contributed by atoms with Crippen molar-refractivity contribution < 1.29 is 9.53 Å². The van der Waals surface area contributed by atoms with E-state index in [1.165, 1.54) is 6.07 Å². The fraction of sp³-hybridized carbons (Fsp3) is 0.222. The highest BCUT2D eigenvalue weighted by Crippen LogP contribution is 2.29. The molecule has 0 saturated carbocycles. The van der Waals surface area contributed by atoms with Crippen LogP contribution in [0.5, 0.6) is 5.75 Å². The normalized spacial score (nSPS) is 9.86. The highest BCUT2D eigenvalue weighted by Gasteiger charge is 2.10. The van der Waals surface area contributed by atoms with E-state index in [0.29, 0.717) is 22.5 Å². The fourth-order valence-corrected chi connectivity index (χ4v) is 1.52. The van der Waals surface area contributed by atoms with E-state index in [1.54, 1.807) is 6.07 Å². The minimum Gasteiger partial charge on any atom is -0.493 e. The zero-order chi connectivity index (χ0) is 10.7. The Labute approximate surface area is 90.3 Å². The Hall–Kier alpha value is -1.23. The van der Waals surface area contributed by atoms with Gasteiger partial charge < -0.3 is 16.2 Å². The second-order valence-electron chi connectivity index (χ2n) is 2.67. The first-order chi connectivity index (χ1) is 6.56. The van der Waals surface area contributed by atoms with Gasteiger partial charge in [-0.15, -0.1) is 0 Å². The molecule has 5 heteroatoms. The van der Waals surface area contributed by atoms with E-state index in [9.17, 15) is 4.79 Å². The zero-order valence-electron chi connectivity index (χ0n) is 7.71. The van der Waals surface area contributed by atoms with Crippen molar-refractivity contribution in [3.63, 3.8) is 0 Å². The van der Waals surface area contributed by atoms with Crippen LogP contribution in [0, 0.1) is 0 Å². The Morgan fingerprint density at radius 2 is 2.21 bits per heavy atom. The van der Waals surface area contributed by atoms with Crippen LogP contribution in [0.25, 0.3) is 0 Å². The Morgan fingerprint density at radius 1 is 1.57 bits per heavy atom. The molecule has 1 aromatic carbocycles. The van der Waals surface area contributed by atoms with Crippen LogP contribution in [0.3, 0.4) is 0 Å². The third-order valence-corrected chi connectivity index (χ3v) is 2.29. The van der Waals surface area contributed by atoms with E-state index in [2.05, 4.69) is 15.9 Å². The number of primary amides is 1. The van der Waals surface area contributed by atoms with Crippen LogP contribution in [0.2, 0.25) is 0 Å². The second-order valence-corrected chi connectivity index (χ2v) is 3.52. The van der Waals surface area contributed by atoms with Crippen molar-refractivity contribution in [3.05, 3.63) is 22.2 Å². The van der Waals surface area contributed by atoms with Gasteiger partial charge in [-0.25, -0.2) is 0 Å². The molecule has 0 bridgehead atoms. The molecule has 0 aromatic heterocycles. The smallest absolute Gasteiger partial charge is 0.250 e. The van der Waals surface area contributed by atoms with Crippen LogP contribution in [-0.4, -0.2) is 12.5 Å². The van der Waals surface area contributed by atoms with Crippen molar-refractivity contribution in [2.45, 2.75) is 6.92 Å². The molecule has 1 amide bonds. The van der Waals surface area contributed by atoms with Gasteiger partial charge in [-0.2, -0.15) is 0 Å². The number of rotatable bonds is 3. The van der Waals surface area contributed by atoms with Crippen molar-refractivity contribution in [1.29, 1.82) is 0 Å². The Morgan fingerprint density at radius 3 is 2.71 bits per heavy atom. The molecule has 4 nitrogen and oxygen atoms in total. The monoisotopic (exact) mass is 258 g/mol. The lowest BCUT2D eigenvalue weighted by molar-refractivity contribution is 0.100. The molecule has 0 aliphatic carbocycles. The van der Waals surface area contributed by atoms with Crippen LogP contribution in [0.1, 0.15) is 17.3 Å². The first-order valence-corrected chi connectivity index (χ1v) is 4.87. The minimum atomic E-state index is -0.559. The average Bonchev–Trinajstić information content (AvgIpc) is 2.09. The maximum absolute atomic E-state index is 11.0. The Balaban J connectivity index is 3.20. The largest absolute Gasteiger partial charge is 0.493 e. The van der Waals surface area contributed by atoms with Crippen molar-refractivity contribution in [3.8, 4) is 5.75 Å². The van der Waals surface area contributed by atoms with Gasteiger partial charge in [0.1, 0.15) is 5.75 Å². The number of nitrogens with two attached hydrogens (primary N) is 2. The molecule has 14 heavy (non-hydrogen) atoms. The molecule has 76 valence electrons. The molecule has 0 radical (unpaired) electrons. The summed E-state index contributed by atoms with van der Waals surface area (Å²) in [4.78, 5) is 11.0. The molecule has 4 N–H and O–H groups in total.